The van der Waals surface area contributed by atoms with E-state index < -0.39 is 0 Å². The summed E-state index contributed by atoms with van der Waals surface area (Å²) in [5.41, 5.74) is 5.62. The number of hydrogen-bond donors (Lipinski definition) is 1. The minimum absolute atomic E-state index is 0.100. The zero-order chi connectivity index (χ0) is 8.97. The molecule has 1 fully saturated rings. The molecule has 0 bridgehead atoms. The molecular weight excluding hydrogens is 152 g/mol. The van der Waals surface area contributed by atoms with Crippen molar-refractivity contribution in [3.8, 4) is 0 Å². The lowest BCUT2D eigenvalue weighted by molar-refractivity contribution is -0.134. The van der Waals surface area contributed by atoms with Crippen molar-refractivity contribution in [1.82, 2.24) is 4.90 Å². The van der Waals surface area contributed by atoms with Crippen molar-refractivity contribution in [3.05, 3.63) is 12.7 Å². The van der Waals surface area contributed by atoms with Gasteiger partial charge in [-0.2, -0.15) is 0 Å². The first kappa shape index (κ1) is 9.26. The van der Waals surface area contributed by atoms with E-state index in [1.54, 1.807) is 0 Å². The lowest BCUT2D eigenvalue weighted by atomic mass is 10.1. The van der Waals surface area contributed by atoms with Gasteiger partial charge in [-0.25, -0.2) is 0 Å². The van der Waals surface area contributed by atoms with Crippen molar-refractivity contribution >= 4 is 5.91 Å². The Hall–Kier alpha value is -0.830. The van der Waals surface area contributed by atoms with Gasteiger partial charge in [0, 0.05) is 13.1 Å². The van der Waals surface area contributed by atoms with Gasteiger partial charge in [-0.1, -0.05) is 6.08 Å². The molecule has 68 valence electrons. The Balaban J connectivity index is 2.40. The molecule has 0 aromatic heterocycles. The van der Waals surface area contributed by atoms with Crippen molar-refractivity contribution in [2.45, 2.75) is 25.3 Å². The van der Waals surface area contributed by atoms with E-state index in [1.165, 1.54) is 0 Å². The van der Waals surface area contributed by atoms with Crippen LogP contribution in [0.1, 0.15) is 19.3 Å². The molecule has 1 unspecified atom stereocenters. The second-order valence-electron chi connectivity index (χ2n) is 3.15. The SMILES string of the molecule is C=CCCN1CCCC(N)C1=O. The van der Waals surface area contributed by atoms with Crippen LogP contribution in [0.25, 0.3) is 0 Å². The van der Waals surface area contributed by atoms with Crippen LogP contribution in [-0.2, 0) is 4.79 Å². The number of amides is 1. The van der Waals surface area contributed by atoms with Crippen LogP contribution in [0, 0.1) is 0 Å². The van der Waals surface area contributed by atoms with Gasteiger partial charge in [0.05, 0.1) is 6.04 Å². The molecule has 1 aliphatic rings. The van der Waals surface area contributed by atoms with Gasteiger partial charge in [0.15, 0.2) is 0 Å². The number of carbonyl (C=O) groups is 1. The Morgan fingerprint density at radius 3 is 3.17 bits per heavy atom. The molecule has 1 heterocycles. The Kier molecular flexibility index (Phi) is 3.29. The smallest absolute Gasteiger partial charge is 0.239 e. The second kappa shape index (κ2) is 4.26. The molecule has 12 heavy (non-hydrogen) atoms. The van der Waals surface area contributed by atoms with Crippen LogP contribution in [0.2, 0.25) is 0 Å². The Morgan fingerprint density at radius 2 is 2.50 bits per heavy atom. The van der Waals surface area contributed by atoms with Gasteiger partial charge in [-0.05, 0) is 19.3 Å². The molecule has 1 amide bonds. The van der Waals surface area contributed by atoms with E-state index in [0.29, 0.717) is 0 Å². The third-order valence-corrected chi connectivity index (χ3v) is 2.18. The predicted molar refractivity (Wildman–Crippen MR) is 48.6 cm³/mol. The summed E-state index contributed by atoms with van der Waals surface area (Å²) in [6.07, 6.45) is 4.55. The van der Waals surface area contributed by atoms with E-state index in [9.17, 15) is 4.79 Å². The average Bonchev–Trinajstić information content (AvgIpc) is 2.08. The van der Waals surface area contributed by atoms with E-state index in [0.717, 1.165) is 32.4 Å². The zero-order valence-electron chi connectivity index (χ0n) is 7.33. The standard InChI is InChI=1S/C9H16N2O/c1-2-3-6-11-7-4-5-8(10)9(11)12/h2,8H,1,3-7,10H2. The lowest BCUT2D eigenvalue weighted by Crippen LogP contribution is -2.48. The minimum atomic E-state index is -0.261. The van der Waals surface area contributed by atoms with Crippen molar-refractivity contribution in [2.75, 3.05) is 13.1 Å². The molecule has 1 rings (SSSR count). The highest BCUT2D eigenvalue weighted by atomic mass is 16.2. The lowest BCUT2D eigenvalue weighted by Gasteiger charge is -2.30. The second-order valence-corrected chi connectivity index (χ2v) is 3.15. The first-order valence-electron chi connectivity index (χ1n) is 4.41. The quantitative estimate of drug-likeness (QED) is 0.624. The largest absolute Gasteiger partial charge is 0.341 e. The normalized spacial score (nSPS) is 24.2. The molecule has 2 N–H and O–H groups in total. The number of hydrogen-bond acceptors (Lipinski definition) is 2. The molecule has 0 radical (unpaired) electrons. The van der Waals surface area contributed by atoms with Crippen LogP contribution in [-0.4, -0.2) is 29.9 Å². The zero-order valence-corrected chi connectivity index (χ0v) is 7.33. The third kappa shape index (κ3) is 2.08. The summed E-state index contributed by atoms with van der Waals surface area (Å²) in [6, 6.07) is -0.261. The monoisotopic (exact) mass is 168 g/mol. The van der Waals surface area contributed by atoms with Crippen LogP contribution in [0.4, 0.5) is 0 Å². The fourth-order valence-electron chi connectivity index (χ4n) is 1.44. The number of nitrogens with zero attached hydrogens (tertiary/aromatic N) is 1. The van der Waals surface area contributed by atoms with E-state index in [1.807, 2.05) is 11.0 Å². The molecule has 3 heteroatoms. The fourth-order valence-corrected chi connectivity index (χ4v) is 1.44. The van der Waals surface area contributed by atoms with E-state index in [2.05, 4.69) is 6.58 Å². The molecule has 3 nitrogen and oxygen atoms in total. The highest BCUT2D eigenvalue weighted by Crippen LogP contribution is 2.09. The van der Waals surface area contributed by atoms with E-state index >= 15 is 0 Å². The van der Waals surface area contributed by atoms with Gasteiger partial charge in [-0.3, -0.25) is 4.79 Å². The molecular formula is C9H16N2O. The van der Waals surface area contributed by atoms with Gasteiger partial charge in [-0.15, -0.1) is 6.58 Å². The summed E-state index contributed by atoms with van der Waals surface area (Å²) >= 11 is 0. The Morgan fingerprint density at radius 1 is 1.75 bits per heavy atom. The van der Waals surface area contributed by atoms with Crippen molar-refractivity contribution in [2.24, 2.45) is 5.73 Å². The molecule has 0 spiro atoms. The topological polar surface area (TPSA) is 46.3 Å². The first-order chi connectivity index (χ1) is 5.75. The van der Waals surface area contributed by atoms with Gasteiger partial charge in [0.2, 0.25) is 5.91 Å². The first-order valence-corrected chi connectivity index (χ1v) is 4.41. The van der Waals surface area contributed by atoms with Crippen LogP contribution in [0.15, 0.2) is 12.7 Å². The molecule has 1 atom stereocenters. The van der Waals surface area contributed by atoms with E-state index in [-0.39, 0.29) is 11.9 Å². The molecule has 1 saturated heterocycles. The van der Waals surface area contributed by atoms with Crippen molar-refractivity contribution in [1.29, 1.82) is 0 Å². The van der Waals surface area contributed by atoms with Gasteiger partial charge in [0.1, 0.15) is 0 Å². The average molecular weight is 168 g/mol. The summed E-state index contributed by atoms with van der Waals surface area (Å²) in [5, 5.41) is 0. The van der Waals surface area contributed by atoms with Crippen LogP contribution >= 0.6 is 0 Å². The predicted octanol–water partition coefficient (Wildman–Crippen LogP) is 0.512. The van der Waals surface area contributed by atoms with Crippen molar-refractivity contribution in [3.63, 3.8) is 0 Å². The third-order valence-electron chi connectivity index (χ3n) is 2.18. The van der Waals surface area contributed by atoms with Crippen molar-refractivity contribution < 1.29 is 4.79 Å². The van der Waals surface area contributed by atoms with E-state index in [4.69, 9.17) is 5.73 Å². The summed E-state index contributed by atoms with van der Waals surface area (Å²) in [4.78, 5) is 13.2. The van der Waals surface area contributed by atoms with Crippen LogP contribution in [0.3, 0.4) is 0 Å². The number of carbonyl (C=O) groups excluding carboxylic acids is 1. The number of likely N-dealkylation sites (tertiary alicyclic amines) is 1. The summed E-state index contributed by atoms with van der Waals surface area (Å²) in [7, 11) is 0. The fraction of sp³-hybridized carbons (Fsp3) is 0.667. The number of nitrogens with two attached hydrogens (primary N) is 1. The summed E-state index contributed by atoms with van der Waals surface area (Å²) in [5.74, 6) is 0.100. The molecule has 0 aromatic rings. The summed E-state index contributed by atoms with van der Waals surface area (Å²) in [6.45, 7) is 5.26. The maximum atomic E-state index is 11.4. The van der Waals surface area contributed by atoms with Crippen LogP contribution in [0.5, 0.6) is 0 Å². The summed E-state index contributed by atoms with van der Waals surface area (Å²) < 4.78 is 0. The molecule has 0 aliphatic carbocycles. The molecule has 0 saturated carbocycles. The van der Waals surface area contributed by atoms with Gasteiger partial charge in [0.25, 0.3) is 0 Å². The van der Waals surface area contributed by atoms with Gasteiger partial charge >= 0.3 is 0 Å². The maximum absolute atomic E-state index is 11.4. The number of piperidine rings is 1. The Labute approximate surface area is 73.2 Å². The molecule has 0 aromatic carbocycles. The van der Waals surface area contributed by atoms with Crippen LogP contribution < -0.4 is 5.73 Å². The minimum Gasteiger partial charge on any atom is -0.341 e. The Bertz CT molecular complexity index is 179. The highest BCUT2D eigenvalue weighted by molar-refractivity contribution is 5.82. The van der Waals surface area contributed by atoms with Gasteiger partial charge < -0.3 is 10.6 Å². The highest BCUT2D eigenvalue weighted by Gasteiger charge is 2.24. The molecule has 1 aliphatic heterocycles. The maximum Gasteiger partial charge on any atom is 0.239 e. The number of rotatable bonds is 3.